The zero-order valence-corrected chi connectivity index (χ0v) is 7.19. The summed E-state index contributed by atoms with van der Waals surface area (Å²) >= 11 is 1.68. The number of hydrogen-bond acceptors (Lipinski definition) is 4. The third-order valence-corrected chi connectivity index (χ3v) is 2.38. The van der Waals surface area contributed by atoms with E-state index < -0.39 is 0 Å². The Morgan fingerprint density at radius 2 is 2.55 bits per heavy atom. The molecule has 0 amide bonds. The van der Waals surface area contributed by atoms with Gasteiger partial charge in [-0.2, -0.15) is 0 Å². The molecule has 0 saturated carbocycles. The Morgan fingerprint density at radius 3 is 3.09 bits per heavy atom. The average molecular weight is 173 g/mol. The van der Waals surface area contributed by atoms with E-state index in [4.69, 9.17) is 10.3 Å². The molecule has 0 radical (unpaired) electrons. The van der Waals surface area contributed by atoms with Crippen molar-refractivity contribution in [2.45, 2.75) is 11.8 Å². The van der Waals surface area contributed by atoms with Gasteiger partial charge in [0.1, 0.15) is 5.76 Å². The van der Waals surface area contributed by atoms with Crippen LogP contribution >= 0.6 is 11.8 Å². The Hall–Kier alpha value is -0.450. The van der Waals surface area contributed by atoms with Crippen molar-refractivity contribution in [2.75, 3.05) is 12.4 Å². The van der Waals surface area contributed by atoms with Crippen LogP contribution in [0.5, 0.6) is 0 Å². The molecule has 0 unspecified atom stereocenters. The molecule has 4 heteroatoms. The van der Waals surface area contributed by atoms with E-state index in [-0.39, 0.29) is 0 Å². The van der Waals surface area contributed by atoms with Gasteiger partial charge in [0.05, 0.1) is 12.9 Å². The smallest absolute Gasteiger partial charge is 0.114 e. The molecule has 0 fully saturated rings. The Kier molecular flexibility index (Phi) is 3.48. The predicted molar refractivity (Wildman–Crippen MR) is 44.3 cm³/mol. The molecule has 3 nitrogen and oxygen atoms in total. The highest BCUT2D eigenvalue weighted by Gasteiger charge is 2.00. The van der Waals surface area contributed by atoms with Crippen LogP contribution < -0.4 is 5.90 Å². The van der Waals surface area contributed by atoms with Gasteiger partial charge in [-0.3, -0.25) is 0 Å². The van der Waals surface area contributed by atoms with E-state index >= 15 is 0 Å². The maximum Gasteiger partial charge on any atom is 0.114 e. The number of rotatable bonds is 4. The maximum atomic E-state index is 5.10. The van der Waals surface area contributed by atoms with E-state index in [2.05, 4.69) is 4.84 Å². The zero-order valence-electron chi connectivity index (χ0n) is 6.37. The molecule has 1 aromatic heterocycles. The van der Waals surface area contributed by atoms with Crippen LogP contribution in [0.3, 0.4) is 0 Å². The summed E-state index contributed by atoms with van der Waals surface area (Å²) in [5, 5.41) is 0. The molecule has 0 aliphatic carbocycles. The lowest BCUT2D eigenvalue weighted by Crippen LogP contribution is -2.02. The zero-order chi connectivity index (χ0) is 8.10. The van der Waals surface area contributed by atoms with Crippen molar-refractivity contribution in [3.63, 3.8) is 0 Å². The lowest BCUT2D eigenvalue weighted by Gasteiger charge is -1.96. The largest absolute Gasteiger partial charge is 0.468 e. The summed E-state index contributed by atoms with van der Waals surface area (Å²) < 4.78 is 5.10. The fraction of sp³-hybridized carbons (Fsp3) is 0.429. The van der Waals surface area contributed by atoms with Crippen LogP contribution in [0.1, 0.15) is 5.76 Å². The summed E-state index contributed by atoms with van der Waals surface area (Å²) in [5.41, 5.74) is 0. The van der Waals surface area contributed by atoms with Gasteiger partial charge in [0.15, 0.2) is 0 Å². The standard InChI is InChI=1S/C7H11NO2S/c1-6-7(2-3-9-6)11-5-4-10-8/h2-3H,4-5,8H2,1H3. The van der Waals surface area contributed by atoms with Crippen LogP contribution in [0, 0.1) is 6.92 Å². The SMILES string of the molecule is Cc1occc1SCCON. The van der Waals surface area contributed by atoms with Gasteiger partial charge in [0.25, 0.3) is 0 Å². The van der Waals surface area contributed by atoms with Gasteiger partial charge < -0.3 is 9.25 Å². The van der Waals surface area contributed by atoms with E-state index in [1.807, 2.05) is 13.0 Å². The summed E-state index contributed by atoms with van der Waals surface area (Å²) in [5.74, 6) is 6.68. The summed E-state index contributed by atoms with van der Waals surface area (Å²) in [6.07, 6.45) is 1.68. The Labute approximate surface area is 69.9 Å². The number of furan rings is 1. The van der Waals surface area contributed by atoms with E-state index in [1.165, 1.54) is 0 Å². The minimum Gasteiger partial charge on any atom is -0.468 e. The van der Waals surface area contributed by atoms with Crippen molar-refractivity contribution in [3.05, 3.63) is 18.1 Å². The third-order valence-electron chi connectivity index (χ3n) is 1.27. The highest BCUT2D eigenvalue weighted by atomic mass is 32.2. The number of thioether (sulfide) groups is 1. The highest BCUT2D eigenvalue weighted by Crippen LogP contribution is 2.22. The number of nitrogens with two attached hydrogens (primary N) is 1. The van der Waals surface area contributed by atoms with E-state index in [1.54, 1.807) is 18.0 Å². The Morgan fingerprint density at radius 1 is 1.73 bits per heavy atom. The Bertz CT molecular complexity index is 212. The molecule has 1 rings (SSSR count). The molecule has 62 valence electrons. The molecular formula is C7H11NO2S. The second-order valence-electron chi connectivity index (χ2n) is 2.06. The van der Waals surface area contributed by atoms with Crippen molar-refractivity contribution in [1.82, 2.24) is 0 Å². The minimum atomic E-state index is 0.565. The van der Waals surface area contributed by atoms with Gasteiger partial charge in [-0.1, -0.05) is 0 Å². The molecule has 0 bridgehead atoms. The molecule has 11 heavy (non-hydrogen) atoms. The van der Waals surface area contributed by atoms with Crippen LogP contribution in [0.4, 0.5) is 0 Å². The second-order valence-corrected chi connectivity index (χ2v) is 3.20. The molecule has 1 aromatic rings. The van der Waals surface area contributed by atoms with Gasteiger partial charge in [-0.05, 0) is 13.0 Å². The molecule has 0 spiro atoms. The molecule has 2 N–H and O–H groups in total. The molecule has 0 aliphatic rings. The van der Waals surface area contributed by atoms with Crippen LogP contribution in [-0.2, 0) is 4.84 Å². The second kappa shape index (κ2) is 4.43. The molecule has 0 aromatic carbocycles. The van der Waals surface area contributed by atoms with Gasteiger partial charge in [-0.25, -0.2) is 5.90 Å². The first-order valence-electron chi connectivity index (χ1n) is 3.33. The topological polar surface area (TPSA) is 48.4 Å². The summed E-state index contributed by atoms with van der Waals surface area (Å²) in [4.78, 5) is 5.58. The molecular weight excluding hydrogens is 162 g/mol. The fourth-order valence-corrected chi connectivity index (χ4v) is 1.53. The first-order chi connectivity index (χ1) is 5.34. The highest BCUT2D eigenvalue weighted by molar-refractivity contribution is 7.99. The van der Waals surface area contributed by atoms with Crippen molar-refractivity contribution in [3.8, 4) is 0 Å². The van der Waals surface area contributed by atoms with Crippen molar-refractivity contribution in [1.29, 1.82) is 0 Å². The van der Waals surface area contributed by atoms with Gasteiger partial charge in [-0.15, -0.1) is 11.8 Å². The average Bonchev–Trinajstić information content (AvgIpc) is 2.37. The summed E-state index contributed by atoms with van der Waals surface area (Å²) in [7, 11) is 0. The summed E-state index contributed by atoms with van der Waals surface area (Å²) in [6.45, 7) is 2.50. The van der Waals surface area contributed by atoms with Crippen LogP contribution in [0.2, 0.25) is 0 Å². The first-order valence-corrected chi connectivity index (χ1v) is 4.31. The van der Waals surface area contributed by atoms with Gasteiger partial charge in [0, 0.05) is 10.6 Å². The molecule has 0 saturated heterocycles. The Balaban J connectivity index is 2.32. The minimum absolute atomic E-state index is 0.565. The molecule has 0 aliphatic heterocycles. The van der Waals surface area contributed by atoms with E-state index in [0.29, 0.717) is 6.61 Å². The van der Waals surface area contributed by atoms with Crippen LogP contribution in [-0.4, -0.2) is 12.4 Å². The van der Waals surface area contributed by atoms with Crippen LogP contribution in [0.25, 0.3) is 0 Å². The fourth-order valence-electron chi connectivity index (χ4n) is 0.723. The van der Waals surface area contributed by atoms with E-state index in [0.717, 1.165) is 16.4 Å². The lowest BCUT2D eigenvalue weighted by molar-refractivity contribution is 0.155. The van der Waals surface area contributed by atoms with Crippen molar-refractivity contribution >= 4 is 11.8 Å². The lowest BCUT2D eigenvalue weighted by atomic mass is 10.5. The quantitative estimate of drug-likeness (QED) is 0.426. The van der Waals surface area contributed by atoms with E-state index in [9.17, 15) is 0 Å². The predicted octanol–water partition coefficient (Wildman–Crippen LogP) is 1.57. The number of hydrogen-bond donors (Lipinski definition) is 1. The van der Waals surface area contributed by atoms with Crippen molar-refractivity contribution in [2.24, 2.45) is 5.90 Å². The summed E-state index contributed by atoms with van der Waals surface area (Å²) in [6, 6.07) is 1.94. The normalized spacial score (nSPS) is 10.4. The van der Waals surface area contributed by atoms with Crippen molar-refractivity contribution < 1.29 is 9.25 Å². The number of aryl methyl sites for hydroxylation is 1. The van der Waals surface area contributed by atoms with Crippen LogP contribution in [0.15, 0.2) is 21.6 Å². The molecule has 0 atom stereocenters. The van der Waals surface area contributed by atoms with Gasteiger partial charge >= 0.3 is 0 Å². The van der Waals surface area contributed by atoms with Gasteiger partial charge in [0.2, 0.25) is 0 Å². The first kappa shape index (κ1) is 8.64. The monoisotopic (exact) mass is 173 g/mol. The third kappa shape index (κ3) is 2.57. The maximum absolute atomic E-state index is 5.10. The molecule has 1 heterocycles.